The van der Waals surface area contributed by atoms with Crippen LogP contribution in [-0.2, 0) is 9.59 Å². The second kappa shape index (κ2) is 8.30. The molecule has 3 rings (SSSR count). The lowest BCUT2D eigenvalue weighted by Crippen LogP contribution is -2.43. The van der Waals surface area contributed by atoms with Crippen molar-refractivity contribution in [1.82, 2.24) is 16.0 Å². The van der Waals surface area contributed by atoms with Gasteiger partial charge in [0.15, 0.2) is 0 Å². The van der Waals surface area contributed by atoms with E-state index in [1.54, 1.807) is 0 Å². The molecule has 3 aliphatic rings. The van der Waals surface area contributed by atoms with Crippen LogP contribution < -0.4 is 16.0 Å². The zero-order valence-electron chi connectivity index (χ0n) is 14.4. The first-order chi connectivity index (χ1) is 11.6. The van der Waals surface area contributed by atoms with Crippen molar-refractivity contribution < 1.29 is 14.7 Å². The zero-order valence-corrected chi connectivity index (χ0v) is 14.4. The van der Waals surface area contributed by atoms with E-state index in [0.29, 0.717) is 13.1 Å². The van der Waals surface area contributed by atoms with Gasteiger partial charge >= 0.3 is 0 Å². The summed E-state index contributed by atoms with van der Waals surface area (Å²) < 4.78 is 0. The average Bonchev–Trinajstić information content (AvgIpc) is 3.25. The summed E-state index contributed by atoms with van der Waals surface area (Å²) in [5.41, 5.74) is 0. The van der Waals surface area contributed by atoms with E-state index in [2.05, 4.69) is 16.0 Å². The molecule has 1 saturated heterocycles. The third-order valence-corrected chi connectivity index (χ3v) is 6.01. The maximum Gasteiger partial charge on any atom is 0.223 e. The molecule has 6 nitrogen and oxygen atoms in total. The van der Waals surface area contributed by atoms with E-state index >= 15 is 0 Å². The summed E-state index contributed by atoms with van der Waals surface area (Å²) in [6, 6.07) is 0.239. The first-order valence-electron chi connectivity index (χ1n) is 9.60. The van der Waals surface area contributed by atoms with E-state index in [1.807, 2.05) is 0 Å². The largest absolute Gasteiger partial charge is 0.391 e. The highest BCUT2D eigenvalue weighted by Gasteiger charge is 2.31. The Labute approximate surface area is 144 Å². The van der Waals surface area contributed by atoms with Gasteiger partial charge in [0.05, 0.1) is 6.10 Å². The van der Waals surface area contributed by atoms with Gasteiger partial charge in [0.2, 0.25) is 11.8 Å². The van der Waals surface area contributed by atoms with E-state index < -0.39 is 0 Å². The van der Waals surface area contributed by atoms with Crippen molar-refractivity contribution in [2.24, 2.45) is 17.8 Å². The molecule has 0 bridgehead atoms. The second-order valence-electron chi connectivity index (χ2n) is 7.77. The number of nitrogens with one attached hydrogen (secondary N) is 3. The van der Waals surface area contributed by atoms with Crippen molar-refractivity contribution in [2.75, 3.05) is 19.6 Å². The molecule has 2 unspecified atom stereocenters. The lowest BCUT2D eigenvalue weighted by molar-refractivity contribution is -0.127. The summed E-state index contributed by atoms with van der Waals surface area (Å²) in [4.78, 5) is 24.5. The molecule has 3 fully saturated rings. The first kappa shape index (κ1) is 17.7. The van der Waals surface area contributed by atoms with E-state index in [9.17, 15) is 14.7 Å². The SMILES string of the molecule is O=C(NCC1CNCC1O)C1CCC(NC(=O)C2CCCC2)CC1. The first-order valence-corrected chi connectivity index (χ1v) is 9.60. The number of rotatable bonds is 5. The van der Waals surface area contributed by atoms with E-state index in [-0.39, 0.29) is 41.7 Å². The fourth-order valence-corrected chi connectivity index (χ4v) is 4.31. The van der Waals surface area contributed by atoms with Gasteiger partial charge < -0.3 is 21.1 Å². The Hall–Kier alpha value is -1.14. The van der Waals surface area contributed by atoms with Crippen LogP contribution in [0.4, 0.5) is 0 Å². The van der Waals surface area contributed by atoms with Crippen molar-refractivity contribution in [3.05, 3.63) is 0 Å². The molecule has 2 amide bonds. The van der Waals surface area contributed by atoms with Crippen LogP contribution >= 0.6 is 0 Å². The summed E-state index contributed by atoms with van der Waals surface area (Å²) >= 11 is 0. The number of carbonyl (C=O) groups is 2. The average molecular weight is 337 g/mol. The van der Waals surface area contributed by atoms with Gasteiger partial charge in [0, 0.05) is 43.4 Å². The Morgan fingerprint density at radius 1 is 0.917 bits per heavy atom. The van der Waals surface area contributed by atoms with Crippen LogP contribution in [-0.4, -0.2) is 48.7 Å². The van der Waals surface area contributed by atoms with E-state index in [4.69, 9.17) is 0 Å². The highest BCUT2D eigenvalue weighted by Crippen LogP contribution is 2.28. The van der Waals surface area contributed by atoms with Gasteiger partial charge in [-0.3, -0.25) is 9.59 Å². The predicted molar refractivity (Wildman–Crippen MR) is 91.2 cm³/mol. The van der Waals surface area contributed by atoms with Gasteiger partial charge in [-0.25, -0.2) is 0 Å². The van der Waals surface area contributed by atoms with Gasteiger partial charge in [-0.2, -0.15) is 0 Å². The maximum atomic E-state index is 12.3. The molecule has 2 saturated carbocycles. The fraction of sp³-hybridized carbons (Fsp3) is 0.889. The molecule has 0 spiro atoms. The predicted octanol–water partition coefficient (Wildman–Crippen LogP) is 0.548. The summed E-state index contributed by atoms with van der Waals surface area (Å²) in [6.45, 7) is 1.93. The Morgan fingerprint density at radius 2 is 1.58 bits per heavy atom. The van der Waals surface area contributed by atoms with Gasteiger partial charge in [0.25, 0.3) is 0 Å². The second-order valence-corrected chi connectivity index (χ2v) is 7.77. The van der Waals surface area contributed by atoms with Crippen LogP contribution in [0.2, 0.25) is 0 Å². The minimum Gasteiger partial charge on any atom is -0.391 e. The fourth-order valence-electron chi connectivity index (χ4n) is 4.31. The molecule has 136 valence electrons. The number of amides is 2. The highest BCUT2D eigenvalue weighted by molar-refractivity contribution is 5.80. The normalized spacial score (nSPS) is 34.2. The molecule has 24 heavy (non-hydrogen) atoms. The van der Waals surface area contributed by atoms with Gasteiger partial charge in [-0.1, -0.05) is 12.8 Å². The molecule has 1 aliphatic heterocycles. The molecule has 6 heteroatoms. The van der Waals surface area contributed by atoms with Gasteiger partial charge in [0.1, 0.15) is 0 Å². The molecule has 4 N–H and O–H groups in total. The number of aliphatic hydroxyl groups is 1. The third-order valence-electron chi connectivity index (χ3n) is 6.01. The smallest absolute Gasteiger partial charge is 0.223 e. The Morgan fingerprint density at radius 3 is 2.21 bits per heavy atom. The summed E-state index contributed by atoms with van der Waals surface area (Å²) in [6.07, 6.45) is 7.53. The number of hydrogen-bond acceptors (Lipinski definition) is 4. The van der Waals surface area contributed by atoms with E-state index in [1.165, 1.54) is 12.8 Å². The molecular weight excluding hydrogens is 306 g/mol. The maximum absolute atomic E-state index is 12.3. The monoisotopic (exact) mass is 337 g/mol. The van der Waals surface area contributed by atoms with Crippen LogP contribution in [0.25, 0.3) is 0 Å². The zero-order chi connectivity index (χ0) is 16.9. The molecule has 2 atom stereocenters. The van der Waals surface area contributed by atoms with Crippen molar-refractivity contribution in [2.45, 2.75) is 63.5 Å². The number of carbonyl (C=O) groups excluding carboxylic acids is 2. The van der Waals surface area contributed by atoms with Crippen LogP contribution in [0.3, 0.4) is 0 Å². The standard InChI is InChI=1S/C18H31N3O3/c22-16-11-19-9-14(16)10-20-17(23)13-5-7-15(8-6-13)21-18(24)12-3-1-2-4-12/h12-16,19,22H,1-11H2,(H,20,23)(H,21,24). The molecule has 1 heterocycles. The molecule has 0 radical (unpaired) electrons. The molecule has 0 aromatic rings. The van der Waals surface area contributed by atoms with Crippen LogP contribution in [0, 0.1) is 17.8 Å². The number of β-amino-alcohol motifs (C(OH)–C–C–N with tert-alkyl or cyclic N) is 1. The summed E-state index contributed by atoms with van der Waals surface area (Å²) in [5, 5.41) is 19.1. The highest BCUT2D eigenvalue weighted by atomic mass is 16.3. The molecule has 0 aromatic carbocycles. The van der Waals surface area contributed by atoms with Crippen molar-refractivity contribution in [1.29, 1.82) is 0 Å². The molecular formula is C18H31N3O3. The lowest BCUT2D eigenvalue weighted by atomic mass is 9.85. The van der Waals surface area contributed by atoms with Gasteiger partial charge in [-0.05, 0) is 38.5 Å². The minimum atomic E-state index is -0.355. The van der Waals surface area contributed by atoms with E-state index in [0.717, 1.165) is 45.1 Å². The Balaban J connectivity index is 1.35. The molecule has 2 aliphatic carbocycles. The number of hydrogen-bond donors (Lipinski definition) is 4. The van der Waals surface area contributed by atoms with Gasteiger partial charge in [-0.15, -0.1) is 0 Å². The topological polar surface area (TPSA) is 90.5 Å². The number of aliphatic hydroxyl groups excluding tert-OH is 1. The summed E-state index contributed by atoms with van der Waals surface area (Å²) in [7, 11) is 0. The third kappa shape index (κ3) is 4.48. The Bertz CT molecular complexity index is 443. The van der Waals surface area contributed by atoms with Crippen molar-refractivity contribution in [3.8, 4) is 0 Å². The van der Waals surface area contributed by atoms with Crippen LogP contribution in [0.1, 0.15) is 51.4 Å². The molecule has 0 aromatic heterocycles. The summed E-state index contributed by atoms with van der Waals surface area (Å²) in [5.74, 6) is 0.724. The lowest BCUT2D eigenvalue weighted by Gasteiger charge is -2.29. The van der Waals surface area contributed by atoms with Crippen LogP contribution in [0.15, 0.2) is 0 Å². The van der Waals surface area contributed by atoms with Crippen molar-refractivity contribution >= 4 is 11.8 Å². The minimum absolute atomic E-state index is 0.0520. The van der Waals surface area contributed by atoms with Crippen LogP contribution in [0.5, 0.6) is 0 Å². The Kier molecular flexibility index (Phi) is 6.11. The quantitative estimate of drug-likeness (QED) is 0.590. The van der Waals surface area contributed by atoms with Crippen molar-refractivity contribution in [3.63, 3.8) is 0 Å².